The van der Waals surface area contributed by atoms with Crippen LogP contribution in [-0.4, -0.2) is 19.2 Å². The molecule has 0 aliphatic rings. The fourth-order valence-electron chi connectivity index (χ4n) is 1.36. The van der Waals surface area contributed by atoms with E-state index in [9.17, 15) is 4.21 Å². The van der Waals surface area contributed by atoms with E-state index >= 15 is 0 Å². The second-order valence-electron chi connectivity index (χ2n) is 3.12. The Morgan fingerprint density at radius 3 is 3.00 bits per heavy atom. The molecule has 1 unspecified atom stereocenters. The van der Waals surface area contributed by atoms with Gasteiger partial charge in [0, 0.05) is 6.20 Å². The van der Waals surface area contributed by atoms with Gasteiger partial charge in [0.1, 0.15) is 20.7 Å². The van der Waals surface area contributed by atoms with Crippen molar-refractivity contribution in [3.8, 4) is 0 Å². The Kier molecular flexibility index (Phi) is 2.30. The molecule has 0 saturated carbocycles. The SMILES string of the molecule is O=S(c1ccccn1)c1nc2sccc2[nH]1. The molecule has 0 amide bonds. The quantitative estimate of drug-likeness (QED) is 0.757. The third-order valence-corrected chi connectivity index (χ3v) is 4.07. The van der Waals surface area contributed by atoms with Crippen molar-refractivity contribution in [3.63, 3.8) is 0 Å². The van der Waals surface area contributed by atoms with Crippen molar-refractivity contribution in [1.29, 1.82) is 0 Å². The van der Waals surface area contributed by atoms with Gasteiger partial charge in [-0.2, -0.15) is 0 Å². The molecule has 0 aliphatic heterocycles. The second-order valence-corrected chi connectivity index (χ2v) is 5.36. The first-order chi connectivity index (χ1) is 7.84. The number of fused-ring (bicyclic) bond motifs is 1. The smallest absolute Gasteiger partial charge is 0.204 e. The van der Waals surface area contributed by atoms with E-state index in [1.54, 1.807) is 18.3 Å². The maximum atomic E-state index is 12.1. The molecule has 0 aliphatic carbocycles. The molecule has 0 radical (unpaired) electrons. The van der Waals surface area contributed by atoms with E-state index in [4.69, 9.17) is 0 Å². The molecule has 6 heteroatoms. The lowest BCUT2D eigenvalue weighted by molar-refractivity contribution is 0.675. The molecule has 3 aromatic rings. The minimum absolute atomic E-state index is 0.459. The summed E-state index contributed by atoms with van der Waals surface area (Å²) in [7, 11) is -1.33. The number of hydrogen-bond acceptors (Lipinski definition) is 4. The summed E-state index contributed by atoms with van der Waals surface area (Å²) in [4.78, 5) is 12.2. The molecule has 4 nitrogen and oxygen atoms in total. The van der Waals surface area contributed by atoms with Crippen molar-refractivity contribution >= 4 is 32.5 Å². The summed E-state index contributed by atoms with van der Waals surface area (Å²) in [6.45, 7) is 0. The van der Waals surface area contributed by atoms with Crippen LogP contribution in [0, 0.1) is 0 Å². The molecule has 0 aromatic carbocycles. The lowest BCUT2D eigenvalue weighted by atomic mass is 10.5. The summed E-state index contributed by atoms with van der Waals surface area (Å²) < 4.78 is 12.1. The summed E-state index contributed by atoms with van der Waals surface area (Å²) in [5.74, 6) is 0. The maximum Gasteiger partial charge on any atom is 0.204 e. The number of thiophene rings is 1. The molecule has 1 N–H and O–H groups in total. The highest BCUT2D eigenvalue weighted by Gasteiger charge is 2.13. The molecule has 80 valence electrons. The van der Waals surface area contributed by atoms with Gasteiger partial charge in [-0.15, -0.1) is 11.3 Å². The molecule has 3 heterocycles. The zero-order valence-corrected chi connectivity index (χ0v) is 9.72. The van der Waals surface area contributed by atoms with Gasteiger partial charge in [0.05, 0.1) is 5.52 Å². The van der Waals surface area contributed by atoms with Crippen LogP contribution in [0.3, 0.4) is 0 Å². The van der Waals surface area contributed by atoms with Crippen molar-refractivity contribution in [2.24, 2.45) is 0 Å². The Morgan fingerprint density at radius 2 is 2.25 bits per heavy atom. The number of imidazole rings is 1. The van der Waals surface area contributed by atoms with Crippen LogP contribution < -0.4 is 0 Å². The van der Waals surface area contributed by atoms with Crippen LogP contribution in [0.4, 0.5) is 0 Å². The van der Waals surface area contributed by atoms with Gasteiger partial charge in [0.15, 0.2) is 0 Å². The predicted molar refractivity (Wildman–Crippen MR) is 62.9 cm³/mol. The summed E-state index contributed by atoms with van der Waals surface area (Å²) >= 11 is 1.52. The molecule has 0 bridgehead atoms. The van der Waals surface area contributed by atoms with E-state index in [0.29, 0.717) is 10.2 Å². The Labute approximate surface area is 97.8 Å². The molecule has 3 rings (SSSR count). The second kappa shape index (κ2) is 3.80. The van der Waals surface area contributed by atoms with E-state index in [2.05, 4.69) is 15.0 Å². The monoisotopic (exact) mass is 249 g/mol. The Bertz CT molecular complexity index is 616. The lowest BCUT2D eigenvalue weighted by Crippen LogP contribution is -1.97. The number of aromatic amines is 1. The van der Waals surface area contributed by atoms with Crippen LogP contribution in [0.15, 0.2) is 46.0 Å². The number of H-pyrrole nitrogens is 1. The van der Waals surface area contributed by atoms with Crippen LogP contribution in [0.25, 0.3) is 10.3 Å². The van der Waals surface area contributed by atoms with Gasteiger partial charge >= 0.3 is 0 Å². The van der Waals surface area contributed by atoms with Crippen molar-refractivity contribution in [2.75, 3.05) is 0 Å². The zero-order chi connectivity index (χ0) is 11.0. The van der Waals surface area contributed by atoms with E-state index in [0.717, 1.165) is 10.3 Å². The van der Waals surface area contributed by atoms with Crippen LogP contribution in [0.5, 0.6) is 0 Å². The zero-order valence-electron chi connectivity index (χ0n) is 8.08. The maximum absolute atomic E-state index is 12.1. The molecule has 0 fully saturated rings. The van der Waals surface area contributed by atoms with Crippen LogP contribution >= 0.6 is 11.3 Å². The fourth-order valence-corrected chi connectivity index (χ4v) is 3.08. The third-order valence-electron chi connectivity index (χ3n) is 2.09. The summed E-state index contributed by atoms with van der Waals surface area (Å²) in [6, 6.07) is 7.26. The lowest BCUT2D eigenvalue weighted by Gasteiger charge is -1.95. The standard InChI is InChI=1S/C10H7N3OS2/c14-16(8-3-1-2-5-11-8)10-12-7-4-6-15-9(7)13-10/h1-6H,(H,12,13). The number of pyridine rings is 1. The van der Waals surface area contributed by atoms with Crippen molar-refractivity contribution in [1.82, 2.24) is 15.0 Å². The molecule has 1 atom stereocenters. The molecule has 3 aromatic heterocycles. The van der Waals surface area contributed by atoms with E-state index in [1.807, 2.05) is 17.5 Å². The number of nitrogens with one attached hydrogen (secondary N) is 1. The minimum Gasteiger partial charge on any atom is -0.330 e. The molecular formula is C10H7N3OS2. The van der Waals surface area contributed by atoms with Gasteiger partial charge in [-0.05, 0) is 23.6 Å². The van der Waals surface area contributed by atoms with Gasteiger partial charge in [0.25, 0.3) is 0 Å². The highest BCUT2D eigenvalue weighted by molar-refractivity contribution is 7.84. The van der Waals surface area contributed by atoms with E-state index < -0.39 is 10.8 Å². The largest absolute Gasteiger partial charge is 0.330 e. The first-order valence-corrected chi connectivity index (χ1v) is 6.63. The van der Waals surface area contributed by atoms with E-state index in [1.165, 1.54) is 11.3 Å². The summed E-state index contributed by atoms with van der Waals surface area (Å²) in [6.07, 6.45) is 1.62. The van der Waals surface area contributed by atoms with Gasteiger partial charge < -0.3 is 4.98 Å². The highest BCUT2D eigenvalue weighted by atomic mass is 32.2. The van der Waals surface area contributed by atoms with Crippen LogP contribution in [-0.2, 0) is 10.8 Å². The topological polar surface area (TPSA) is 58.6 Å². The molecular weight excluding hydrogens is 242 g/mol. The van der Waals surface area contributed by atoms with Gasteiger partial charge in [-0.3, -0.25) is 0 Å². The van der Waals surface area contributed by atoms with Crippen molar-refractivity contribution in [2.45, 2.75) is 10.2 Å². The molecule has 16 heavy (non-hydrogen) atoms. The van der Waals surface area contributed by atoms with Gasteiger partial charge in [0.2, 0.25) is 5.16 Å². The Morgan fingerprint density at radius 1 is 1.31 bits per heavy atom. The number of nitrogens with zero attached hydrogens (tertiary/aromatic N) is 2. The highest BCUT2D eigenvalue weighted by Crippen LogP contribution is 2.20. The summed E-state index contributed by atoms with van der Waals surface area (Å²) in [5.41, 5.74) is 0.921. The molecule has 0 saturated heterocycles. The number of hydrogen-bond donors (Lipinski definition) is 1. The van der Waals surface area contributed by atoms with Crippen LogP contribution in [0.1, 0.15) is 0 Å². The minimum atomic E-state index is -1.33. The Hall–Kier alpha value is -1.53. The summed E-state index contributed by atoms with van der Waals surface area (Å²) in [5, 5.41) is 2.92. The molecule has 0 spiro atoms. The average molecular weight is 249 g/mol. The van der Waals surface area contributed by atoms with Gasteiger partial charge in [-0.1, -0.05) is 6.07 Å². The average Bonchev–Trinajstić information content (AvgIpc) is 2.89. The normalized spacial score (nSPS) is 13.0. The van der Waals surface area contributed by atoms with E-state index in [-0.39, 0.29) is 0 Å². The fraction of sp³-hybridized carbons (Fsp3) is 0. The van der Waals surface area contributed by atoms with Crippen molar-refractivity contribution < 1.29 is 4.21 Å². The first kappa shape index (κ1) is 9.68. The Balaban J connectivity index is 2.05. The number of rotatable bonds is 2. The predicted octanol–water partition coefficient (Wildman–Crippen LogP) is 2.19. The van der Waals surface area contributed by atoms with Crippen LogP contribution in [0.2, 0.25) is 0 Å². The number of aromatic nitrogens is 3. The van der Waals surface area contributed by atoms with Gasteiger partial charge in [-0.25, -0.2) is 14.2 Å². The third kappa shape index (κ3) is 1.56. The van der Waals surface area contributed by atoms with Crippen molar-refractivity contribution in [3.05, 3.63) is 35.8 Å². The first-order valence-electron chi connectivity index (χ1n) is 4.60.